The predicted molar refractivity (Wildman–Crippen MR) is 115 cm³/mol. The van der Waals surface area contributed by atoms with E-state index in [1.54, 1.807) is 6.21 Å². The number of rotatable bonds is 9. The van der Waals surface area contributed by atoms with Gasteiger partial charge in [-0.3, -0.25) is 4.79 Å². The van der Waals surface area contributed by atoms with Crippen molar-refractivity contribution in [3.63, 3.8) is 0 Å². The zero-order valence-corrected chi connectivity index (χ0v) is 16.1. The van der Waals surface area contributed by atoms with Gasteiger partial charge in [-0.05, 0) is 34.0 Å². The Hall–Kier alpha value is -2.68. The number of hydrazone groups is 1. The third-order valence-electron chi connectivity index (χ3n) is 4.95. The first-order chi connectivity index (χ1) is 13.3. The van der Waals surface area contributed by atoms with E-state index in [1.165, 1.54) is 36.5 Å². The van der Waals surface area contributed by atoms with Crippen molar-refractivity contribution in [2.45, 2.75) is 51.9 Å². The van der Waals surface area contributed by atoms with Gasteiger partial charge in [-0.15, -0.1) is 0 Å². The average Bonchev–Trinajstić information content (AvgIpc) is 2.70. The van der Waals surface area contributed by atoms with Crippen LogP contribution in [0.3, 0.4) is 0 Å². The molecule has 0 atom stereocenters. The first-order valence-corrected chi connectivity index (χ1v) is 10.0. The van der Waals surface area contributed by atoms with Crippen molar-refractivity contribution in [1.82, 2.24) is 5.43 Å². The molecule has 3 rings (SSSR count). The van der Waals surface area contributed by atoms with Gasteiger partial charge in [0.05, 0.1) is 6.21 Å². The van der Waals surface area contributed by atoms with Crippen LogP contribution in [0.25, 0.3) is 21.5 Å². The van der Waals surface area contributed by atoms with Crippen LogP contribution in [0.4, 0.5) is 0 Å². The van der Waals surface area contributed by atoms with E-state index in [0.29, 0.717) is 6.42 Å². The van der Waals surface area contributed by atoms with Gasteiger partial charge in [0, 0.05) is 12.0 Å². The molecule has 0 aliphatic heterocycles. The molecule has 3 aromatic carbocycles. The monoisotopic (exact) mass is 360 g/mol. The Morgan fingerprint density at radius 1 is 0.889 bits per heavy atom. The number of benzene rings is 3. The Bertz CT molecular complexity index is 876. The van der Waals surface area contributed by atoms with Crippen LogP contribution in [-0.2, 0) is 4.79 Å². The number of nitrogens with zero attached hydrogens (tertiary/aromatic N) is 1. The first kappa shape index (κ1) is 19.1. The lowest BCUT2D eigenvalue weighted by atomic mass is 9.97. The number of fused-ring (bicyclic) bond motifs is 2. The smallest absolute Gasteiger partial charge is 0.240 e. The molecular weight excluding hydrogens is 332 g/mol. The molecule has 1 N–H and O–H groups in total. The maximum atomic E-state index is 12.0. The van der Waals surface area contributed by atoms with Crippen molar-refractivity contribution in [3.05, 3.63) is 60.2 Å². The standard InChI is InChI=1S/C24H28N2O/c1-2-3-4-5-6-7-16-24(27)26-25-18-23-21-14-10-8-12-19(21)17-20-13-9-11-15-22(20)23/h8-15,17-18H,2-7,16H2,1H3,(H,26,27)/b25-18+. The van der Waals surface area contributed by atoms with Crippen LogP contribution in [0, 0.1) is 0 Å². The SMILES string of the molecule is CCCCCCCCC(=O)N/N=C/c1c2ccccc2cc2ccccc12. The summed E-state index contributed by atoms with van der Waals surface area (Å²) in [4.78, 5) is 12.0. The van der Waals surface area contributed by atoms with Crippen LogP contribution < -0.4 is 5.43 Å². The third-order valence-corrected chi connectivity index (χ3v) is 4.95. The first-order valence-electron chi connectivity index (χ1n) is 10.0. The molecule has 0 spiro atoms. The lowest BCUT2D eigenvalue weighted by Crippen LogP contribution is -2.16. The molecule has 0 radical (unpaired) electrons. The fraction of sp³-hybridized carbons (Fsp3) is 0.333. The van der Waals surface area contributed by atoms with E-state index in [4.69, 9.17) is 0 Å². The van der Waals surface area contributed by atoms with Crippen LogP contribution in [-0.4, -0.2) is 12.1 Å². The summed E-state index contributed by atoms with van der Waals surface area (Å²) < 4.78 is 0. The Morgan fingerprint density at radius 3 is 2.15 bits per heavy atom. The van der Waals surface area contributed by atoms with Gasteiger partial charge in [0.1, 0.15) is 0 Å². The molecule has 1 amide bonds. The highest BCUT2D eigenvalue weighted by Crippen LogP contribution is 2.27. The molecule has 3 nitrogen and oxygen atoms in total. The van der Waals surface area contributed by atoms with Gasteiger partial charge < -0.3 is 0 Å². The number of unbranched alkanes of at least 4 members (excludes halogenated alkanes) is 5. The summed E-state index contributed by atoms with van der Waals surface area (Å²) in [5, 5.41) is 8.89. The molecular formula is C24H28N2O. The summed E-state index contributed by atoms with van der Waals surface area (Å²) in [5.41, 5.74) is 3.74. The molecule has 0 saturated heterocycles. The molecule has 3 aromatic rings. The van der Waals surface area contributed by atoms with Crippen molar-refractivity contribution in [1.29, 1.82) is 0 Å². The number of nitrogens with one attached hydrogen (secondary N) is 1. The van der Waals surface area contributed by atoms with E-state index in [-0.39, 0.29) is 5.91 Å². The molecule has 0 aromatic heterocycles. The van der Waals surface area contributed by atoms with Crippen LogP contribution in [0.2, 0.25) is 0 Å². The second-order valence-electron chi connectivity index (χ2n) is 7.04. The highest BCUT2D eigenvalue weighted by Gasteiger charge is 2.05. The number of hydrogen-bond donors (Lipinski definition) is 1. The second-order valence-corrected chi connectivity index (χ2v) is 7.04. The van der Waals surface area contributed by atoms with Gasteiger partial charge >= 0.3 is 0 Å². The minimum Gasteiger partial charge on any atom is -0.273 e. The zero-order chi connectivity index (χ0) is 18.9. The number of amides is 1. The van der Waals surface area contributed by atoms with Gasteiger partial charge in [-0.2, -0.15) is 5.10 Å². The van der Waals surface area contributed by atoms with E-state index in [1.807, 2.05) is 24.3 Å². The van der Waals surface area contributed by atoms with E-state index in [9.17, 15) is 4.79 Å². The Morgan fingerprint density at radius 2 is 1.48 bits per heavy atom. The van der Waals surface area contributed by atoms with E-state index >= 15 is 0 Å². The van der Waals surface area contributed by atoms with Crippen molar-refractivity contribution in [3.8, 4) is 0 Å². The zero-order valence-electron chi connectivity index (χ0n) is 16.1. The molecule has 140 valence electrons. The molecule has 0 unspecified atom stereocenters. The van der Waals surface area contributed by atoms with Crippen LogP contribution >= 0.6 is 0 Å². The van der Waals surface area contributed by atoms with Crippen molar-refractivity contribution < 1.29 is 4.79 Å². The number of carbonyl (C=O) groups is 1. The molecule has 0 aliphatic carbocycles. The van der Waals surface area contributed by atoms with E-state index < -0.39 is 0 Å². The summed E-state index contributed by atoms with van der Waals surface area (Å²) in [6, 6.07) is 18.8. The average molecular weight is 361 g/mol. The summed E-state index contributed by atoms with van der Waals surface area (Å²) in [7, 11) is 0. The lowest BCUT2D eigenvalue weighted by Gasteiger charge is -2.08. The van der Waals surface area contributed by atoms with Gasteiger partial charge in [-0.1, -0.05) is 87.6 Å². The summed E-state index contributed by atoms with van der Waals surface area (Å²) in [5.74, 6) is -0.00807. The van der Waals surface area contributed by atoms with Crippen molar-refractivity contribution in [2.75, 3.05) is 0 Å². The normalized spacial score (nSPS) is 11.4. The Balaban J connectivity index is 1.66. The molecule has 0 bridgehead atoms. The second kappa shape index (κ2) is 9.86. The van der Waals surface area contributed by atoms with Gasteiger partial charge in [0.25, 0.3) is 0 Å². The van der Waals surface area contributed by atoms with E-state index in [2.05, 4.69) is 47.8 Å². The number of carbonyl (C=O) groups excluding carboxylic acids is 1. The Kier molecular flexibility index (Phi) is 6.97. The molecule has 27 heavy (non-hydrogen) atoms. The van der Waals surface area contributed by atoms with Crippen LogP contribution in [0.5, 0.6) is 0 Å². The molecule has 0 saturated carbocycles. The highest BCUT2D eigenvalue weighted by atomic mass is 16.2. The topological polar surface area (TPSA) is 41.5 Å². The summed E-state index contributed by atoms with van der Waals surface area (Å²) in [6.45, 7) is 2.21. The van der Waals surface area contributed by atoms with Crippen molar-refractivity contribution in [2.24, 2.45) is 5.10 Å². The molecule has 0 fully saturated rings. The minimum absolute atomic E-state index is 0.00807. The van der Waals surface area contributed by atoms with Gasteiger partial charge in [0.2, 0.25) is 5.91 Å². The summed E-state index contributed by atoms with van der Waals surface area (Å²) >= 11 is 0. The lowest BCUT2D eigenvalue weighted by molar-refractivity contribution is -0.121. The quantitative estimate of drug-likeness (QED) is 0.210. The predicted octanol–water partition coefficient (Wildman–Crippen LogP) is 6.19. The van der Waals surface area contributed by atoms with Crippen LogP contribution in [0.15, 0.2) is 59.7 Å². The van der Waals surface area contributed by atoms with Crippen LogP contribution in [0.1, 0.15) is 57.4 Å². The highest BCUT2D eigenvalue weighted by molar-refractivity contribution is 6.13. The molecule has 3 heteroatoms. The van der Waals surface area contributed by atoms with Gasteiger partial charge in [-0.25, -0.2) is 5.43 Å². The Labute approximate surface area is 161 Å². The van der Waals surface area contributed by atoms with Crippen molar-refractivity contribution >= 4 is 33.7 Å². The van der Waals surface area contributed by atoms with Gasteiger partial charge in [0.15, 0.2) is 0 Å². The molecule has 0 aliphatic rings. The van der Waals surface area contributed by atoms with E-state index in [0.717, 1.165) is 29.2 Å². The number of hydrogen-bond acceptors (Lipinski definition) is 2. The maximum Gasteiger partial charge on any atom is 0.240 e. The maximum absolute atomic E-state index is 12.0. The largest absolute Gasteiger partial charge is 0.273 e. The summed E-state index contributed by atoms with van der Waals surface area (Å²) in [6.07, 6.45) is 9.39. The third kappa shape index (κ3) is 5.16. The fourth-order valence-corrected chi connectivity index (χ4v) is 3.48. The minimum atomic E-state index is -0.00807. The molecule has 0 heterocycles. The fourth-order valence-electron chi connectivity index (χ4n) is 3.48.